The lowest BCUT2D eigenvalue weighted by molar-refractivity contribution is -0.00546. The van der Waals surface area contributed by atoms with E-state index in [2.05, 4.69) is 15.2 Å². The lowest BCUT2D eigenvalue weighted by Crippen LogP contribution is -2.45. The highest BCUT2D eigenvalue weighted by molar-refractivity contribution is 5.94. The van der Waals surface area contributed by atoms with Crippen molar-refractivity contribution in [3.8, 4) is 0 Å². The Balaban J connectivity index is 1.57. The van der Waals surface area contributed by atoms with Crippen LogP contribution in [0.15, 0.2) is 48.7 Å². The van der Waals surface area contributed by atoms with E-state index in [9.17, 15) is 9.90 Å². The maximum atomic E-state index is 12.3. The largest absolute Gasteiger partial charge is 0.387 e. The highest BCUT2D eigenvalue weighted by atomic mass is 16.5. The number of rotatable bonds is 5. The summed E-state index contributed by atoms with van der Waals surface area (Å²) in [7, 11) is 0. The molecule has 1 fully saturated rings. The first kappa shape index (κ1) is 18.4. The number of amides is 1. The highest BCUT2D eigenvalue weighted by Gasteiger charge is 2.23. The van der Waals surface area contributed by atoms with Crippen LogP contribution in [0.1, 0.15) is 35.9 Å². The maximum Gasteiger partial charge on any atom is 0.252 e. The van der Waals surface area contributed by atoms with Gasteiger partial charge in [-0.3, -0.25) is 4.79 Å². The van der Waals surface area contributed by atoms with Crippen LogP contribution in [-0.4, -0.2) is 47.8 Å². The monoisotopic (exact) mass is 355 g/mol. The molecule has 6 nitrogen and oxygen atoms in total. The number of morpholine rings is 1. The molecule has 2 N–H and O–H groups in total. The molecular weight excluding hydrogens is 330 g/mol. The average Bonchev–Trinajstić information content (AvgIpc) is 2.66. The van der Waals surface area contributed by atoms with Crippen LogP contribution in [0.4, 0.5) is 5.82 Å². The van der Waals surface area contributed by atoms with Gasteiger partial charge in [0.1, 0.15) is 5.82 Å². The zero-order valence-electron chi connectivity index (χ0n) is 15.1. The molecule has 26 heavy (non-hydrogen) atoms. The molecule has 1 aliphatic heterocycles. The van der Waals surface area contributed by atoms with Crippen molar-refractivity contribution in [1.29, 1.82) is 0 Å². The van der Waals surface area contributed by atoms with Gasteiger partial charge in [0.2, 0.25) is 0 Å². The number of nitrogens with zero attached hydrogens (tertiary/aromatic N) is 2. The zero-order valence-corrected chi connectivity index (χ0v) is 15.1. The van der Waals surface area contributed by atoms with Gasteiger partial charge in [-0.05, 0) is 31.5 Å². The Morgan fingerprint density at radius 3 is 2.54 bits per heavy atom. The Kier molecular flexibility index (Phi) is 5.85. The summed E-state index contributed by atoms with van der Waals surface area (Å²) in [6.07, 6.45) is 1.15. The van der Waals surface area contributed by atoms with E-state index < -0.39 is 6.10 Å². The molecular formula is C20H25N3O3. The van der Waals surface area contributed by atoms with Gasteiger partial charge < -0.3 is 20.1 Å². The summed E-state index contributed by atoms with van der Waals surface area (Å²) in [5.74, 6) is 0.593. The van der Waals surface area contributed by atoms with Gasteiger partial charge in [0, 0.05) is 25.8 Å². The number of aliphatic hydroxyl groups is 1. The van der Waals surface area contributed by atoms with Gasteiger partial charge >= 0.3 is 0 Å². The van der Waals surface area contributed by atoms with Crippen molar-refractivity contribution in [2.24, 2.45) is 0 Å². The molecule has 1 aromatic heterocycles. The quantitative estimate of drug-likeness (QED) is 0.860. The van der Waals surface area contributed by atoms with Crippen molar-refractivity contribution in [1.82, 2.24) is 10.3 Å². The van der Waals surface area contributed by atoms with Crippen LogP contribution >= 0.6 is 0 Å². The molecule has 0 bridgehead atoms. The number of pyridine rings is 1. The van der Waals surface area contributed by atoms with E-state index in [0.29, 0.717) is 5.56 Å². The number of hydrogen-bond acceptors (Lipinski definition) is 5. The minimum absolute atomic E-state index is 0.156. The van der Waals surface area contributed by atoms with Crippen molar-refractivity contribution in [2.45, 2.75) is 32.2 Å². The number of ether oxygens (including phenoxy) is 1. The second-order valence-corrected chi connectivity index (χ2v) is 6.70. The van der Waals surface area contributed by atoms with Crippen LogP contribution in [0.3, 0.4) is 0 Å². The number of anilines is 1. The first-order valence-corrected chi connectivity index (χ1v) is 8.90. The van der Waals surface area contributed by atoms with Crippen molar-refractivity contribution in [2.75, 3.05) is 24.5 Å². The molecule has 1 aliphatic rings. The number of aliphatic hydroxyl groups excluding tert-OH is 1. The molecule has 1 saturated heterocycles. The first-order valence-electron chi connectivity index (χ1n) is 8.90. The second-order valence-electron chi connectivity index (χ2n) is 6.70. The number of benzene rings is 1. The van der Waals surface area contributed by atoms with Crippen molar-refractivity contribution < 1.29 is 14.6 Å². The third-order valence-corrected chi connectivity index (χ3v) is 4.39. The molecule has 0 spiro atoms. The van der Waals surface area contributed by atoms with Gasteiger partial charge in [0.05, 0.1) is 23.9 Å². The lowest BCUT2D eigenvalue weighted by atomic mass is 10.1. The topological polar surface area (TPSA) is 74.7 Å². The van der Waals surface area contributed by atoms with E-state index in [1.54, 1.807) is 12.3 Å². The van der Waals surface area contributed by atoms with E-state index in [1.165, 1.54) is 0 Å². The van der Waals surface area contributed by atoms with Crippen molar-refractivity contribution in [3.05, 3.63) is 59.8 Å². The Morgan fingerprint density at radius 2 is 1.92 bits per heavy atom. The Bertz CT molecular complexity index is 711. The van der Waals surface area contributed by atoms with Gasteiger partial charge in [0.25, 0.3) is 5.91 Å². The minimum atomic E-state index is -0.733. The van der Waals surface area contributed by atoms with E-state index >= 15 is 0 Å². The van der Waals surface area contributed by atoms with Gasteiger partial charge in [-0.1, -0.05) is 30.3 Å². The van der Waals surface area contributed by atoms with Crippen LogP contribution < -0.4 is 10.2 Å². The predicted molar refractivity (Wildman–Crippen MR) is 100 cm³/mol. The molecule has 3 atom stereocenters. The molecule has 0 aliphatic carbocycles. The summed E-state index contributed by atoms with van der Waals surface area (Å²) in [5.41, 5.74) is 1.25. The number of aromatic nitrogens is 1. The highest BCUT2D eigenvalue weighted by Crippen LogP contribution is 2.18. The maximum absolute atomic E-state index is 12.3. The molecule has 138 valence electrons. The van der Waals surface area contributed by atoms with Gasteiger partial charge in [-0.2, -0.15) is 0 Å². The summed E-state index contributed by atoms with van der Waals surface area (Å²) in [6.45, 7) is 5.81. The van der Waals surface area contributed by atoms with E-state index in [-0.39, 0.29) is 24.7 Å². The van der Waals surface area contributed by atoms with Crippen LogP contribution in [0, 0.1) is 0 Å². The minimum Gasteiger partial charge on any atom is -0.387 e. The molecule has 0 saturated carbocycles. The fourth-order valence-corrected chi connectivity index (χ4v) is 3.16. The first-order chi connectivity index (χ1) is 12.5. The Hall–Kier alpha value is -2.44. The molecule has 3 rings (SSSR count). The predicted octanol–water partition coefficient (Wildman–Crippen LogP) is 2.16. The molecule has 0 radical (unpaired) electrons. The van der Waals surface area contributed by atoms with Crippen LogP contribution in [-0.2, 0) is 4.74 Å². The normalized spacial score (nSPS) is 21.3. The van der Waals surface area contributed by atoms with Crippen molar-refractivity contribution in [3.63, 3.8) is 0 Å². The second kappa shape index (κ2) is 8.29. The van der Waals surface area contributed by atoms with E-state index in [1.807, 2.05) is 50.2 Å². The molecule has 0 unspecified atom stereocenters. The third-order valence-electron chi connectivity index (χ3n) is 4.39. The van der Waals surface area contributed by atoms with Crippen molar-refractivity contribution >= 4 is 11.7 Å². The lowest BCUT2D eigenvalue weighted by Gasteiger charge is -2.36. The van der Waals surface area contributed by atoms with Crippen LogP contribution in [0.2, 0.25) is 0 Å². The summed E-state index contributed by atoms with van der Waals surface area (Å²) in [6, 6.07) is 12.9. The number of hydrogen-bond donors (Lipinski definition) is 2. The van der Waals surface area contributed by atoms with Crippen LogP contribution in [0.25, 0.3) is 0 Å². The van der Waals surface area contributed by atoms with Gasteiger partial charge in [-0.25, -0.2) is 4.98 Å². The molecule has 1 aromatic carbocycles. The molecule has 2 heterocycles. The Morgan fingerprint density at radius 1 is 1.23 bits per heavy atom. The van der Waals surface area contributed by atoms with Gasteiger partial charge in [-0.15, -0.1) is 0 Å². The summed E-state index contributed by atoms with van der Waals surface area (Å²) < 4.78 is 5.73. The summed E-state index contributed by atoms with van der Waals surface area (Å²) >= 11 is 0. The van der Waals surface area contributed by atoms with Gasteiger partial charge in [0.15, 0.2) is 0 Å². The SMILES string of the molecule is C[C@@H]1CN(c2ccc(C(=O)NC[C@H](O)c3ccccc3)cn2)C[C@@H](C)O1. The zero-order chi connectivity index (χ0) is 18.5. The van der Waals surface area contributed by atoms with E-state index in [4.69, 9.17) is 4.74 Å². The fraction of sp³-hybridized carbons (Fsp3) is 0.400. The van der Waals surface area contributed by atoms with Crippen LogP contribution in [0.5, 0.6) is 0 Å². The standard InChI is InChI=1S/C20H25N3O3/c1-14-12-23(13-15(2)26-14)19-9-8-17(10-21-19)20(25)22-11-18(24)16-6-4-3-5-7-16/h3-10,14-15,18,24H,11-13H2,1-2H3,(H,22,25)/t14-,15-,18+/m1/s1. The third kappa shape index (κ3) is 4.59. The number of carbonyl (C=O) groups is 1. The molecule has 6 heteroatoms. The average molecular weight is 355 g/mol. The van der Waals surface area contributed by atoms with E-state index in [0.717, 1.165) is 24.5 Å². The summed E-state index contributed by atoms with van der Waals surface area (Å²) in [4.78, 5) is 18.9. The molecule has 1 amide bonds. The Labute approximate surface area is 153 Å². The fourth-order valence-electron chi connectivity index (χ4n) is 3.16. The molecule has 2 aromatic rings. The smallest absolute Gasteiger partial charge is 0.252 e. The number of nitrogens with one attached hydrogen (secondary N) is 1. The summed E-state index contributed by atoms with van der Waals surface area (Å²) in [5, 5.41) is 12.9. The number of carbonyl (C=O) groups excluding carboxylic acids is 1.